The van der Waals surface area contributed by atoms with Gasteiger partial charge in [-0.05, 0) is 60.2 Å². The third-order valence-corrected chi connectivity index (χ3v) is 6.69. The molecule has 0 radical (unpaired) electrons. The number of barbiturate groups is 1. The Morgan fingerprint density at radius 3 is 2.31 bits per heavy atom. The second kappa shape index (κ2) is 10.9. The number of hydrogen-bond donors (Lipinski definition) is 1. The lowest BCUT2D eigenvalue weighted by atomic mass is 10.1. The van der Waals surface area contributed by atoms with Gasteiger partial charge in [-0.1, -0.05) is 56.8 Å². The molecule has 0 saturated carbocycles. The van der Waals surface area contributed by atoms with Crippen LogP contribution in [0.5, 0.6) is 11.5 Å². The lowest BCUT2D eigenvalue weighted by Crippen LogP contribution is -2.54. The summed E-state index contributed by atoms with van der Waals surface area (Å²) in [5.41, 5.74) is 1.20. The largest absolute Gasteiger partial charge is 0.493 e. The summed E-state index contributed by atoms with van der Waals surface area (Å²) in [7, 11) is 1.46. The Bertz CT molecular complexity index is 1410. The van der Waals surface area contributed by atoms with Crippen molar-refractivity contribution in [3.8, 4) is 11.5 Å². The number of imide groups is 2. The molecule has 1 saturated heterocycles. The van der Waals surface area contributed by atoms with E-state index >= 15 is 0 Å². The number of anilines is 1. The molecule has 0 atom stereocenters. The number of amides is 4. The Labute approximate surface area is 229 Å². The van der Waals surface area contributed by atoms with Crippen LogP contribution in [0.2, 0.25) is 15.1 Å². The zero-order valence-electron chi connectivity index (χ0n) is 18.5. The van der Waals surface area contributed by atoms with Gasteiger partial charge in [0.15, 0.2) is 11.5 Å². The second-order valence-electron chi connectivity index (χ2n) is 7.48. The van der Waals surface area contributed by atoms with Crippen molar-refractivity contribution < 1.29 is 23.9 Å². The predicted molar refractivity (Wildman–Crippen MR) is 142 cm³/mol. The zero-order valence-corrected chi connectivity index (χ0v) is 22.3. The van der Waals surface area contributed by atoms with Crippen LogP contribution in [0.3, 0.4) is 0 Å². The summed E-state index contributed by atoms with van der Waals surface area (Å²) in [6, 6.07) is 13.5. The van der Waals surface area contributed by atoms with Crippen LogP contribution in [-0.2, 0) is 16.2 Å². The fourth-order valence-electron chi connectivity index (χ4n) is 3.37. The minimum atomic E-state index is -0.856. The summed E-state index contributed by atoms with van der Waals surface area (Å²) in [6.45, 7) is 0.151. The molecule has 184 valence electrons. The molecule has 4 amide bonds. The van der Waals surface area contributed by atoms with Gasteiger partial charge in [0.1, 0.15) is 12.2 Å². The van der Waals surface area contributed by atoms with E-state index in [4.69, 9.17) is 44.3 Å². The molecule has 0 bridgehead atoms. The lowest BCUT2D eigenvalue weighted by molar-refractivity contribution is -0.122. The van der Waals surface area contributed by atoms with Crippen LogP contribution >= 0.6 is 50.7 Å². The van der Waals surface area contributed by atoms with E-state index in [1.807, 2.05) is 0 Å². The van der Waals surface area contributed by atoms with Gasteiger partial charge in [0, 0.05) is 25.1 Å². The smallest absolute Gasteiger partial charge is 0.335 e. The van der Waals surface area contributed by atoms with Crippen LogP contribution in [0.1, 0.15) is 11.1 Å². The fourth-order valence-corrected chi connectivity index (χ4v) is 4.39. The Hall–Kier alpha value is -3.04. The maximum absolute atomic E-state index is 13.1. The van der Waals surface area contributed by atoms with E-state index < -0.39 is 17.8 Å². The van der Waals surface area contributed by atoms with Crippen LogP contribution in [0.4, 0.5) is 10.5 Å². The third-order valence-electron chi connectivity index (χ3n) is 5.17. The first-order valence-corrected chi connectivity index (χ1v) is 12.2. The van der Waals surface area contributed by atoms with Crippen LogP contribution < -0.4 is 19.7 Å². The van der Waals surface area contributed by atoms with Gasteiger partial charge in [0.2, 0.25) is 0 Å². The van der Waals surface area contributed by atoms with Crippen molar-refractivity contribution in [1.82, 2.24) is 5.32 Å². The normalized spacial score (nSPS) is 14.8. The molecule has 1 heterocycles. The molecule has 0 aromatic heterocycles. The number of methoxy groups -OCH3 is 1. The van der Waals surface area contributed by atoms with E-state index in [1.165, 1.54) is 37.5 Å². The molecule has 36 heavy (non-hydrogen) atoms. The molecule has 0 unspecified atom stereocenters. The molecule has 3 aromatic rings. The van der Waals surface area contributed by atoms with Gasteiger partial charge in [-0.3, -0.25) is 14.9 Å². The monoisotopic (exact) mass is 608 g/mol. The number of nitrogens with one attached hydrogen (secondary N) is 1. The molecule has 11 heteroatoms. The van der Waals surface area contributed by atoms with Crippen LogP contribution in [0, 0.1) is 0 Å². The average molecular weight is 611 g/mol. The first-order valence-electron chi connectivity index (χ1n) is 10.3. The zero-order chi connectivity index (χ0) is 26.0. The second-order valence-corrected chi connectivity index (χ2v) is 9.62. The van der Waals surface area contributed by atoms with Gasteiger partial charge in [0.25, 0.3) is 11.8 Å². The van der Waals surface area contributed by atoms with Crippen LogP contribution in [-0.4, -0.2) is 25.0 Å². The van der Waals surface area contributed by atoms with Crippen molar-refractivity contribution in [2.45, 2.75) is 6.61 Å². The maximum Gasteiger partial charge on any atom is 0.335 e. The van der Waals surface area contributed by atoms with E-state index in [1.54, 1.807) is 30.3 Å². The first-order chi connectivity index (χ1) is 17.2. The van der Waals surface area contributed by atoms with Gasteiger partial charge in [0.05, 0.1) is 12.8 Å². The SMILES string of the molecule is COc1cc(/C=C2\C(=O)NC(=O)N(c3ccc(Cl)cc3)C2=O)c(Br)cc1OCc1ccc(Cl)cc1Cl. The van der Waals surface area contributed by atoms with Crippen molar-refractivity contribution >= 4 is 80.3 Å². The van der Waals surface area contributed by atoms with Crippen molar-refractivity contribution in [2.75, 3.05) is 12.0 Å². The number of carbonyl (C=O) groups excluding carboxylic acids is 3. The standard InChI is InChI=1S/C25H16BrCl3N2O5/c1-35-21-9-14(19(26)11-22(21)36-12-13-2-3-16(28)10-20(13)29)8-18-23(32)30-25(34)31(24(18)33)17-6-4-15(27)5-7-17/h2-11H,12H2,1H3,(H,30,32,34)/b18-8+. The van der Waals surface area contributed by atoms with Gasteiger partial charge in [-0.15, -0.1) is 0 Å². The van der Waals surface area contributed by atoms with Crippen molar-refractivity contribution in [2.24, 2.45) is 0 Å². The van der Waals surface area contributed by atoms with E-state index in [0.29, 0.717) is 36.6 Å². The van der Waals surface area contributed by atoms with Gasteiger partial charge < -0.3 is 9.47 Å². The third kappa shape index (κ3) is 5.52. The van der Waals surface area contributed by atoms with Crippen molar-refractivity contribution in [3.63, 3.8) is 0 Å². The van der Waals surface area contributed by atoms with Gasteiger partial charge in [-0.25, -0.2) is 9.69 Å². The minimum Gasteiger partial charge on any atom is -0.493 e. The molecule has 4 rings (SSSR count). The average Bonchev–Trinajstić information content (AvgIpc) is 2.83. The molecular weight excluding hydrogens is 595 g/mol. The number of rotatable bonds is 6. The van der Waals surface area contributed by atoms with Gasteiger partial charge in [-0.2, -0.15) is 0 Å². The van der Waals surface area contributed by atoms with Gasteiger partial charge >= 0.3 is 6.03 Å². The summed E-state index contributed by atoms with van der Waals surface area (Å²) >= 11 is 21.5. The van der Waals surface area contributed by atoms with E-state index in [9.17, 15) is 14.4 Å². The van der Waals surface area contributed by atoms with Crippen LogP contribution in [0.25, 0.3) is 6.08 Å². The predicted octanol–water partition coefficient (Wildman–Crippen LogP) is 6.66. The molecule has 1 aliphatic rings. The summed E-state index contributed by atoms with van der Waals surface area (Å²) in [6.07, 6.45) is 1.36. The van der Waals surface area contributed by atoms with E-state index in [-0.39, 0.29) is 17.9 Å². The molecule has 1 aliphatic heterocycles. The van der Waals surface area contributed by atoms with Crippen LogP contribution in [0.15, 0.2) is 64.6 Å². The number of halogens is 4. The molecule has 1 N–H and O–H groups in total. The highest BCUT2D eigenvalue weighted by molar-refractivity contribution is 9.10. The number of nitrogens with zero attached hydrogens (tertiary/aromatic N) is 1. The summed E-state index contributed by atoms with van der Waals surface area (Å²) in [5.74, 6) is -0.854. The summed E-state index contributed by atoms with van der Waals surface area (Å²) in [4.78, 5) is 38.9. The highest BCUT2D eigenvalue weighted by atomic mass is 79.9. The molecular formula is C25H16BrCl3N2O5. The Kier molecular flexibility index (Phi) is 7.90. The number of hydrogen-bond acceptors (Lipinski definition) is 5. The molecule has 0 aliphatic carbocycles. The quantitative estimate of drug-likeness (QED) is 0.249. The molecule has 3 aromatic carbocycles. The molecule has 1 fully saturated rings. The number of benzene rings is 3. The first kappa shape index (κ1) is 26.0. The lowest BCUT2D eigenvalue weighted by Gasteiger charge is -2.26. The molecule has 0 spiro atoms. The Morgan fingerprint density at radius 2 is 1.64 bits per heavy atom. The topological polar surface area (TPSA) is 84.9 Å². The Morgan fingerprint density at radius 1 is 0.944 bits per heavy atom. The van der Waals surface area contributed by atoms with E-state index in [0.717, 1.165) is 10.5 Å². The maximum atomic E-state index is 13.1. The minimum absolute atomic E-state index is 0.151. The number of urea groups is 1. The highest BCUT2D eigenvalue weighted by Crippen LogP contribution is 2.36. The number of carbonyl (C=O) groups is 3. The summed E-state index contributed by atoms with van der Waals surface area (Å²) in [5, 5.41) is 3.59. The fraction of sp³-hybridized carbons (Fsp3) is 0.0800. The Balaban J connectivity index is 1.64. The highest BCUT2D eigenvalue weighted by Gasteiger charge is 2.37. The van der Waals surface area contributed by atoms with E-state index in [2.05, 4.69) is 21.2 Å². The number of ether oxygens (including phenoxy) is 2. The van der Waals surface area contributed by atoms with Crippen molar-refractivity contribution in [1.29, 1.82) is 0 Å². The summed E-state index contributed by atoms with van der Waals surface area (Å²) < 4.78 is 11.9. The van der Waals surface area contributed by atoms with Crippen molar-refractivity contribution in [3.05, 3.63) is 90.8 Å². The molecule has 7 nitrogen and oxygen atoms in total.